The smallest absolute Gasteiger partial charge is 0.123 e. The lowest BCUT2D eigenvalue weighted by Crippen LogP contribution is -2.18. The van der Waals surface area contributed by atoms with Crippen LogP contribution in [0.4, 0.5) is 5.69 Å². The van der Waals surface area contributed by atoms with E-state index < -0.39 is 0 Å². The van der Waals surface area contributed by atoms with Crippen LogP contribution in [0.15, 0.2) is 48.5 Å². The molecule has 2 rings (SSSR count). The number of anilines is 1. The highest BCUT2D eigenvalue weighted by Crippen LogP contribution is 2.20. The number of hydrogen-bond acceptors (Lipinski definition) is 3. The molecular formula is C18H24N2O. The lowest BCUT2D eigenvalue weighted by molar-refractivity contribution is 0.335. The monoisotopic (exact) mass is 284 g/mol. The fraction of sp³-hybridized carbons (Fsp3) is 0.333. The van der Waals surface area contributed by atoms with Crippen molar-refractivity contribution in [2.24, 2.45) is 0 Å². The van der Waals surface area contributed by atoms with E-state index in [4.69, 9.17) is 4.74 Å². The Hall–Kier alpha value is -2.00. The van der Waals surface area contributed by atoms with Crippen LogP contribution < -0.4 is 15.4 Å². The van der Waals surface area contributed by atoms with E-state index in [1.165, 1.54) is 11.1 Å². The summed E-state index contributed by atoms with van der Waals surface area (Å²) in [7, 11) is 1.93. The van der Waals surface area contributed by atoms with Crippen molar-refractivity contribution in [2.75, 3.05) is 19.0 Å². The Morgan fingerprint density at radius 1 is 1.05 bits per heavy atom. The van der Waals surface area contributed by atoms with E-state index in [1.54, 1.807) is 0 Å². The second-order valence-corrected chi connectivity index (χ2v) is 5.02. The van der Waals surface area contributed by atoms with Gasteiger partial charge in [-0.3, -0.25) is 0 Å². The summed E-state index contributed by atoms with van der Waals surface area (Å²) in [5.74, 6) is 0.963. The molecule has 0 spiro atoms. The highest BCUT2D eigenvalue weighted by Gasteiger charge is 2.07. The Morgan fingerprint density at radius 3 is 2.43 bits per heavy atom. The number of benzene rings is 2. The van der Waals surface area contributed by atoms with Crippen molar-refractivity contribution in [3.8, 4) is 5.75 Å². The topological polar surface area (TPSA) is 33.3 Å². The molecule has 21 heavy (non-hydrogen) atoms. The Balaban J connectivity index is 1.98. The van der Waals surface area contributed by atoms with Crippen LogP contribution in [-0.4, -0.2) is 13.7 Å². The van der Waals surface area contributed by atoms with Crippen molar-refractivity contribution in [3.63, 3.8) is 0 Å². The summed E-state index contributed by atoms with van der Waals surface area (Å²) in [6.45, 7) is 5.68. The van der Waals surface area contributed by atoms with Crippen LogP contribution in [0.3, 0.4) is 0 Å². The number of para-hydroxylation sites is 1. The van der Waals surface area contributed by atoms with Gasteiger partial charge in [0.15, 0.2) is 0 Å². The quantitative estimate of drug-likeness (QED) is 0.807. The molecule has 0 saturated carbocycles. The minimum atomic E-state index is 0.297. The van der Waals surface area contributed by atoms with Gasteiger partial charge in [0.2, 0.25) is 0 Å². The summed E-state index contributed by atoms with van der Waals surface area (Å²) in [5.41, 5.74) is 3.61. The van der Waals surface area contributed by atoms with Gasteiger partial charge < -0.3 is 15.4 Å². The van der Waals surface area contributed by atoms with E-state index in [1.807, 2.05) is 32.2 Å². The summed E-state index contributed by atoms with van der Waals surface area (Å²) >= 11 is 0. The van der Waals surface area contributed by atoms with Crippen molar-refractivity contribution in [1.29, 1.82) is 0 Å². The van der Waals surface area contributed by atoms with Gasteiger partial charge in [-0.1, -0.05) is 30.3 Å². The van der Waals surface area contributed by atoms with Crippen LogP contribution in [0.5, 0.6) is 5.75 Å². The summed E-state index contributed by atoms with van der Waals surface area (Å²) in [5, 5.41) is 6.69. The molecule has 0 radical (unpaired) electrons. The average molecular weight is 284 g/mol. The third kappa shape index (κ3) is 4.23. The predicted molar refractivity (Wildman–Crippen MR) is 88.9 cm³/mol. The van der Waals surface area contributed by atoms with Gasteiger partial charge in [-0.2, -0.15) is 0 Å². The number of nitrogens with one attached hydrogen (secondary N) is 2. The zero-order chi connectivity index (χ0) is 15.1. The molecule has 0 fully saturated rings. The molecule has 1 unspecified atom stereocenters. The Morgan fingerprint density at radius 2 is 1.76 bits per heavy atom. The standard InChI is InChI=1S/C18H24N2O/c1-4-21-18-8-6-5-7-16(18)13-20-14(2)15-9-11-17(19-3)12-10-15/h5-12,14,19-20H,4,13H2,1-3H3. The number of rotatable bonds is 7. The maximum Gasteiger partial charge on any atom is 0.123 e. The molecule has 1 atom stereocenters. The predicted octanol–water partition coefficient (Wildman–Crippen LogP) is 3.98. The molecular weight excluding hydrogens is 260 g/mol. The minimum absolute atomic E-state index is 0.297. The molecule has 2 aromatic carbocycles. The fourth-order valence-corrected chi connectivity index (χ4v) is 2.27. The zero-order valence-electron chi connectivity index (χ0n) is 13.0. The second-order valence-electron chi connectivity index (χ2n) is 5.02. The second kappa shape index (κ2) is 7.70. The van der Waals surface area contributed by atoms with E-state index in [9.17, 15) is 0 Å². The average Bonchev–Trinajstić information content (AvgIpc) is 2.54. The number of hydrogen-bond donors (Lipinski definition) is 2. The Kier molecular flexibility index (Phi) is 5.64. The zero-order valence-corrected chi connectivity index (χ0v) is 13.0. The maximum atomic E-state index is 5.66. The van der Waals surface area contributed by atoms with Crippen molar-refractivity contribution >= 4 is 5.69 Å². The molecule has 3 nitrogen and oxygen atoms in total. The highest BCUT2D eigenvalue weighted by atomic mass is 16.5. The molecule has 3 heteroatoms. The first-order valence-electron chi connectivity index (χ1n) is 7.46. The third-order valence-corrected chi connectivity index (χ3v) is 3.57. The van der Waals surface area contributed by atoms with Crippen LogP contribution in [-0.2, 0) is 6.54 Å². The normalized spacial score (nSPS) is 12.0. The summed E-state index contributed by atoms with van der Waals surface area (Å²) < 4.78 is 5.66. The molecule has 0 aliphatic heterocycles. The fourth-order valence-electron chi connectivity index (χ4n) is 2.27. The Bertz CT molecular complexity index is 551. The lowest BCUT2D eigenvalue weighted by atomic mass is 10.1. The van der Waals surface area contributed by atoms with Crippen LogP contribution in [0.1, 0.15) is 31.0 Å². The maximum absolute atomic E-state index is 5.66. The van der Waals surface area contributed by atoms with Crippen LogP contribution >= 0.6 is 0 Å². The first kappa shape index (κ1) is 15.4. The molecule has 0 aliphatic rings. The number of ether oxygens (including phenoxy) is 1. The van der Waals surface area contributed by atoms with Gasteiger partial charge >= 0.3 is 0 Å². The van der Waals surface area contributed by atoms with E-state index in [0.717, 1.165) is 18.0 Å². The molecule has 0 saturated heterocycles. The third-order valence-electron chi connectivity index (χ3n) is 3.57. The first-order chi connectivity index (χ1) is 10.2. The van der Waals surface area contributed by atoms with Crippen LogP contribution in [0.2, 0.25) is 0 Å². The lowest BCUT2D eigenvalue weighted by Gasteiger charge is -2.16. The SMILES string of the molecule is CCOc1ccccc1CNC(C)c1ccc(NC)cc1. The van der Waals surface area contributed by atoms with Gasteiger partial charge in [0.25, 0.3) is 0 Å². The van der Waals surface area contributed by atoms with Crippen LogP contribution in [0.25, 0.3) is 0 Å². The molecule has 0 amide bonds. The van der Waals surface area contributed by atoms with Crippen molar-refractivity contribution in [3.05, 3.63) is 59.7 Å². The molecule has 0 bridgehead atoms. The van der Waals surface area contributed by atoms with Crippen molar-refractivity contribution in [1.82, 2.24) is 5.32 Å². The molecule has 2 N–H and O–H groups in total. The molecule has 2 aromatic rings. The largest absolute Gasteiger partial charge is 0.494 e. The summed E-state index contributed by atoms with van der Waals surface area (Å²) in [6.07, 6.45) is 0. The van der Waals surface area contributed by atoms with E-state index in [0.29, 0.717) is 12.6 Å². The van der Waals surface area contributed by atoms with Gasteiger partial charge in [-0.05, 0) is 37.6 Å². The minimum Gasteiger partial charge on any atom is -0.494 e. The first-order valence-corrected chi connectivity index (χ1v) is 7.46. The van der Waals surface area contributed by atoms with Gasteiger partial charge in [0.05, 0.1) is 6.61 Å². The van der Waals surface area contributed by atoms with E-state index >= 15 is 0 Å². The van der Waals surface area contributed by atoms with Crippen molar-refractivity contribution in [2.45, 2.75) is 26.4 Å². The van der Waals surface area contributed by atoms with Gasteiger partial charge in [0.1, 0.15) is 5.75 Å². The highest BCUT2D eigenvalue weighted by molar-refractivity contribution is 5.44. The Labute approximate surface area is 127 Å². The van der Waals surface area contributed by atoms with Crippen molar-refractivity contribution < 1.29 is 4.74 Å². The van der Waals surface area contributed by atoms with Gasteiger partial charge in [-0.25, -0.2) is 0 Å². The summed E-state index contributed by atoms with van der Waals surface area (Å²) in [6, 6.07) is 17.0. The molecule has 0 aromatic heterocycles. The van der Waals surface area contributed by atoms with Crippen LogP contribution in [0, 0.1) is 0 Å². The molecule has 0 heterocycles. The molecule has 0 aliphatic carbocycles. The molecule has 112 valence electrons. The summed E-state index contributed by atoms with van der Waals surface area (Å²) in [4.78, 5) is 0. The van der Waals surface area contributed by atoms with Gasteiger partial charge in [-0.15, -0.1) is 0 Å². The van der Waals surface area contributed by atoms with E-state index in [-0.39, 0.29) is 0 Å². The van der Waals surface area contributed by atoms with Gasteiger partial charge in [0, 0.05) is 30.9 Å². The van der Waals surface area contributed by atoms with E-state index in [2.05, 4.69) is 47.9 Å².